The zero-order chi connectivity index (χ0) is 11.5. The summed E-state index contributed by atoms with van der Waals surface area (Å²) in [6.45, 7) is 4.41. The van der Waals surface area contributed by atoms with Gasteiger partial charge >= 0.3 is 0 Å². The Labute approximate surface area is 95.3 Å². The smallest absolute Gasteiger partial charge is 0.292 e. The molecule has 84 valence electrons. The number of anilines is 1. The SMILES string of the molecule is CCC(C)c1ccc(-c2cnc(N)o2)cc1. The summed E-state index contributed by atoms with van der Waals surface area (Å²) in [5.41, 5.74) is 7.79. The first-order valence-electron chi connectivity index (χ1n) is 5.52. The van der Waals surface area contributed by atoms with Crippen LogP contribution in [0.2, 0.25) is 0 Å². The van der Waals surface area contributed by atoms with Gasteiger partial charge in [-0.1, -0.05) is 38.1 Å². The van der Waals surface area contributed by atoms with Gasteiger partial charge in [0, 0.05) is 5.56 Å². The molecule has 0 aliphatic heterocycles. The maximum absolute atomic E-state index is 5.44. The number of hydrogen-bond donors (Lipinski definition) is 1. The van der Waals surface area contributed by atoms with Gasteiger partial charge in [-0.15, -0.1) is 0 Å². The van der Waals surface area contributed by atoms with Crippen molar-refractivity contribution in [2.75, 3.05) is 5.73 Å². The van der Waals surface area contributed by atoms with E-state index in [2.05, 4.69) is 31.0 Å². The van der Waals surface area contributed by atoms with E-state index >= 15 is 0 Å². The zero-order valence-electron chi connectivity index (χ0n) is 9.60. The lowest BCUT2D eigenvalue weighted by Gasteiger charge is -2.08. The predicted molar refractivity (Wildman–Crippen MR) is 65.1 cm³/mol. The highest BCUT2D eigenvalue weighted by Gasteiger charge is 2.06. The summed E-state index contributed by atoms with van der Waals surface area (Å²) in [5.74, 6) is 1.31. The molecule has 3 nitrogen and oxygen atoms in total. The first kappa shape index (κ1) is 10.7. The second kappa shape index (κ2) is 4.39. The number of benzene rings is 1. The third kappa shape index (κ3) is 2.08. The number of hydrogen-bond acceptors (Lipinski definition) is 3. The lowest BCUT2D eigenvalue weighted by Crippen LogP contribution is -1.90. The highest BCUT2D eigenvalue weighted by molar-refractivity contribution is 5.57. The van der Waals surface area contributed by atoms with Crippen molar-refractivity contribution in [3.8, 4) is 11.3 Å². The van der Waals surface area contributed by atoms with Gasteiger partial charge in [0.1, 0.15) is 0 Å². The Morgan fingerprint density at radius 2 is 2.00 bits per heavy atom. The van der Waals surface area contributed by atoms with Crippen LogP contribution in [0.3, 0.4) is 0 Å². The minimum Gasteiger partial charge on any atom is -0.424 e. The molecule has 2 aromatic rings. The fourth-order valence-electron chi connectivity index (χ4n) is 1.63. The Kier molecular flexibility index (Phi) is 2.95. The average Bonchev–Trinajstić information content (AvgIpc) is 2.75. The van der Waals surface area contributed by atoms with Crippen LogP contribution in [-0.2, 0) is 0 Å². The summed E-state index contributed by atoms with van der Waals surface area (Å²) in [5, 5.41) is 0. The molecule has 16 heavy (non-hydrogen) atoms. The van der Waals surface area contributed by atoms with Gasteiger partial charge in [0.25, 0.3) is 6.01 Å². The summed E-state index contributed by atoms with van der Waals surface area (Å²) in [4.78, 5) is 3.88. The monoisotopic (exact) mass is 216 g/mol. The van der Waals surface area contributed by atoms with Gasteiger partial charge in [-0.05, 0) is 17.9 Å². The van der Waals surface area contributed by atoms with Crippen LogP contribution in [0.25, 0.3) is 11.3 Å². The van der Waals surface area contributed by atoms with E-state index in [9.17, 15) is 0 Å². The minimum absolute atomic E-state index is 0.209. The van der Waals surface area contributed by atoms with Crippen LogP contribution in [0.1, 0.15) is 31.7 Å². The highest BCUT2D eigenvalue weighted by Crippen LogP contribution is 2.25. The molecule has 0 fully saturated rings. The maximum Gasteiger partial charge on any atom is 0.292 e. The number of aromatic nitrogens is 1. The van der Waals surface area contributed by atoms with E-state index < -0.39 is 0 Å². The number of nitrogens with two attached hydrogens (primary N) is 1. The summed E-state index contributed by atoms with van der Waals surface area (Å²) >= 11 is 0. The van der Waals surface area contributed by atoms with E-state index in [4.69, 9.17) is 10.2 Å². The molecule has 0 aliphatic rings. The fourth-order valence-corrected chi connectivity index (χ4v) is 1.63. The summed E-state index contributed by atoms with van der Waals surface area (Å²) < 4.78 is 5.26. The molecule has 0 aliphatic carbocycles. The van der Waals surface area contributed by atoms with Crippen LogP contribution >= 0.6 is 0 Å². The van der Waals surface area contributed by atoms with E-state index in [1.165, 1.54) is 5.56 Å². The highest BCUT2D eigenvalue weighted by atomic mass is 16.4. The third-order valence-corrected chi connectivity index (χ3v) is 2.90. The molecule has 1 atom stereocenters. The van der Waals surface area contributed by atoms with E-state index in [1.807, 2.05) is 12.1 Å². The lowest BCUT2D eigenvalue weighted by molar-refractivity contribution is 0.595. The zero-order valence-corrected chi connectivity index (χ0v) is 9.60. The van der Waals surface area contributed by atoms with Gasteiger partial charge in [0.15, 0.2) is 5.76 Å². The van der Waals surface area contributed by atoms with Gasteiger partial charge in [-0.2, -0.15) is 0 Å². The normalized spacial score (nSPS) is 12.6. The molecule has 0 saturated heterocycles. The van der Waals surface area contributed by atoms with Crippen molar-refractivity contribution in [2.45, 2.75) is 26.2 Å². The van der Waals surface area contributed by atoms with Crippen LogP contribution in [0.4, 0.5) is 6.01 Å². The van der Waals surface area contributed by atoms with Crippen LogP contribution < -0.4 is 5.73 Å². The van der Waals surface area contributed by atoms with Crippen molar-refractivity contribution in [2.24, 2.45) is 0 Å². The molecule has 0 spiro atoms. The van der Waals surface area contributed by atoms with E-state index in [0.29, 0.717) is 11.7 Å². The molecular formula is C13H16N2O. The van der Waals surface area contributed by atoms with Crippen molar-refractivity contribution in [1.29, 1.82) is 0 Å². The first-order valence-corrected chi connectivity index (χ1v) is 5.52. The standard InChI is InChI=1S/C13H16N2O/c1-3-9(2)10-4-6-11(7-5-10)12-8-15-13(14)16-12/h4-9H,3H2,1-2H3,(H2,14,15). The topological polar surface area (TPSA) is 52.0 Å². The third-order valence-electron chi connectivity index (χ3n) is 2.90. The average molecular weight is 216 g/mol. The van der Waals surface area contributed by atoms with Crippen LogP contribution in [0, 0.1) is 0 Å². The lowest BCUT2D eigenvalue weighted by atomic mass is 9.97. The number of nitrogen functional groups attached to an aromatic ring is 1. The van der Waals surface area contributed by atoms with Gasteiger partial charge in [-0.3, -0.25) is 0 Å². The molecule has 1 unspecified atom stereocenters. The molecule has 0 saturated carbocycles. The van der Waals surface area contributed by atoms with Gasteiger partial charge in [0.05, 0.1) is 6.20 Å². The molecule has 2 N–H and O–H groups in total. The van der Waals surface area contributed by atoms with Gasteiger partial charge in [-0.25, -0.2) is 4.98 Å². The first-order chi connectivity index (χ1) is 7.70. The predicted octanol–water partition coefficient (Wildman–Crippen LogP) is 3.44. The Morgan fingerprint density at radius 3 is 2.50 bits per heavy atom. The Balaban J connectivity index is 2.25. The van der Waals surface area contributed by atoms with Gasteiger partial charge in [0.2, 0.25) is 0 Å². The molecule has 1 aromatic heterocycles. The number of oxazole rings is 1. The summed E-state index contributed by atoms with van der Waals surface area (Å²) in [7, 11) is 0. The second-order valence-corrected chi connectivity index (χ2v) is 3.99. The van der Waals surface area contributed by atoms with Crippen molar-refractivity contribution >= 4 is 6.01 Å². The van der Waals surface area contributed by atoms with E-state index in [-0.39, 0.29) is 6.01 Å². The van der Waals surface area contributed by atoms with Crippen molar-refractivity contribution in [3.05, 3.63) is 36.0 Å². The van der Waals surface area contributed by atoms with Crippen LogP contribution in [-0.4, -0.2) is 4.98 Å². The Hall–Kier alpha value is -1.77. The molecule has 2 rings (SSSR count). The van der Waals surface area contributed by atoms with E-state index in [0.717, 1.165) is 12.0 Å². The molecule has 1 heterocycles. The van der Waals surface area contributed by atoms with Crippen molar-refractivity contribution < 1.29 is 4.42 Å². The largest absolute Gasteiger partial charge is 0.424 e. The number of nitrogens with zero attached hydrogens (tertiary/aromatic N) is 1. The second-order valence-electron chi connectivity index (χ2n) is 3.99. The minimum atomic E-state index is 0.209. The molecule has 0 amide bonds. The van der Waals surface area contributed by atoms with Crippen LogP contribution in [0.5, 0.6) is 0 Å². The quantitative estimate of drug-likeness (QED) is 0.855. The Morgan fingerprint density at radius 1 is 1.31 bits per heavy atom. The van der Waals surface area contributed by atoms with Crippen molar-refractivity contribution in [1.82, 2.24) is 4.98 Å². The fraction of sp³-hybridized carbons (Fsp3) is 0.308. The van der Waals surface area contributed by atoms with Crippen molar-refractivity contribution in [3.63, 3.8) is 0 Å². The molecular weight excluding hydrogens is 200 g/mol. The molecule has 0 bridgehead atoms. The van der Waals surface area contributed by atoms with Gasteiger partial charge < -0.3 is 10.2 Å². The van der Waals surface area contributed by atoms with Crippen LogP contribution in [0.15, 0.2) is 34.9 Å². The summed E-state index contributed by atoms with van der Waals surface area (Å²) in [6.07, 6.45) is 2.79. The summed E-state index contributed by atoms with van der Waals surface area (Å²) in [6, 6.07) is 8.55. The Bertz CT molecular complexity index is 459. The molecule has 3 heteroatoms. The maximum atomic E-state index is 5.44. The number of rotatable bonds is 3. The van der Waals surface area contributed by atoms with E-state index in [1.54, 1.807) is 6.20 Å². The molecule has 1 aromatic carbocycles. The molecule has 0 radical (unpaired) electrons.